The molecular weight excluding hydrogens is 308 g/mol. The molecule has 0 aliphatic carbocycles. The van der Waals surface area contributed by atoms with Crippen LogP contribution in [0.25, 0.3) is 11.3 Å². The lowest BCUT2D eigenvalue weighted by Crippen LogP contribution is -2.08. The maximum atomic E-state index is 11.3. The number of aromatic nitrogens is 4. The van der Waals surface area contributed by atoms with Gasteiger partial charge in [0, 0.05) is 42.3 Å². The zero-order valence-electron chi connectivity index (χ0n) is 13.3. The first-order valence-electron chi connectivity index (χ1n) is 7.33. The number of nitrogens with zero attached hydrogens (tertiary/aromatic N) is 3. The largest absolute Gasteiger partial charge is 0.487 e. The van der Waals surface area contributed by atoms with Crippen molar-refractivity contribution in [3.63, 3.8) is 0 Å². The number of nitrogens with one attached hydrogen (secondary N) is 1. The van der Waals surface area contributed by atoms with Crippen LogP contribution in [0.15, 0.2) is 41.6 Å². The molecule has 0 unspecified atom stereocenters. The molecule has 7 nitrogen and oxygen atoms in total. The number of rotatable bonds is 5. The first-order chi connectivity index (χ1) is 11.6. The van der Waals surface area contributed by atoms with E-state index in [4.69, 9.17) is 4.74 Å². The van der Waals surface area contributed by atoms with Gasteiger partial charge in [-0.15, -0.1) is 0 Å². The number of pyridine rings is 2. The number of carbonyl (C=O) groups is 1. The lowest BCUT2D eigenvalue weighted by molar-refractivity contribution is 0.111. The Morgan fingerprint density at radius 1 is 1.42 bits per heavy atom. The molecule has 0 saturated heterocycles. The summed E-state index contributed by atoms with van der Waals surface area (Å²) >= 11 is 0. The summed E-state index contributed by atoms with van der Waals surface area (Å²) in [5.74, 6) is 0.322. The van der Waals surface area contributed by atoms with Gasteiger partial charge >= 0.3 is 0 Å². The second-order valence-electron chi connectivity index (χ2n) is 5.30. The summed E-state index contributed by atoms with van der Waals surface area (Å²) in [6.45, 7) is 2.18. The Morgan fingerprint density at radius 3 is 2.96 bits per heavy atom. The van der Waals surface area contributed by atoms with Gasteiger partial charge in [-0.1, -0.05) is 6.07 Å². The smallest absolute Gasteiger partial charge is 0.248 e. The SMILES string of the molecule is Cc1c(-c2ncccc2COc2c[nH]c(=O)cc2C=O)cnn1C. The topological polar surface area (TPSA) is 89.9 Å². The molecule has 7 heteroatoms. The van der Waals surface area contributed by atoms with Crippen molar-refractivity contribution in [1.29, 1.82) is 0 Å². The fourth-order valence-corrected chi connectivity index (χ4v) is 2.38. The van der Waals surface area contributed by atoms with Gasteiger partial charge < -0.3 is 9.72 Å². The molecule has 0 aromatic carbocycles. The van der Waals surface area contributed by atoms with E-state index in [0.717, 1.165) is 22.5 Å². The molecule has 0 bridgehead atoms. The van der Waals surface area contributed by atoms with Gasteiger partial charge in [0.1, 0.15) is 12.4 Å². The Labute approximate surface area is 137 Å². The van der Waals surface area contributed by atoms with E-state index >= 15 is 0 Å². The van der Waals surface area contributed by atoms with Gasteiger partial charge in [-0.3, -0.25) is 19.3 Å². The van der Waals surface area contributed by atoms with Crippen LogP contribution < -0.4 is 10.3 Å². The molecule has 0 radical (unpaired) electrons. The third-order valence-corrected chi connectivity index (χ3v) is 3.81. The summed E-state index contributed by atoms with van der Waals surface area (Å²) in [5, 5.41) is 4.24. The summed E-state index contributed by atoms with van der Waals surface area (Å²) in [6, 6.07) is 4.93. The van der Waals surface area contributed by atoms with E-state index in [9.17, 15) is 9.59 Å². The molecule has 0 spiro atoms. The van der Waals surface area contributed by atoms with Crippen molar-refractivity contribution in [2.45, 2.75) is 13.5 Å². The zero-order chi connectivity index (χ0) is 17.1. The van der Waals surface area contributed by atoms with Crippen LogP contribution in [-0.4, -0.2) is 26.0 Å². The van der Waals surface area contributed by atoms with Crippen LogP contribution in [0.5, 0.6) is 5.75 Å². The predicted octanol–water partition coefficient (Wildman–Crippen LogP) is 1.87. The first kappa shape index (κ1) is 15.7. The van der Waals surface area contributed by atoms with Crippen LogP contribution in [0.2, 0.25) is 0 Å². The van der Waals surface area contributed by atoms with Crippen LogP contribution in [0.1, 0.15) is 21.6 Å². The van der Waals surface area contributed by atoms with Crippen LogP contribution in [0.3, 0.4) is 0 Å². The second kappa shape index (κ2) is 6.49. The zero-order valence-corrected chi connectivity index (χ0v) is 13.3. The Kier molecular flexibility index (Phi) is 4.24. The van der Waals surface area contributed by atoms with Gasteiger partial charge in [0.2, 0.25) is 5.56 Å². The predicted molar refractivity (Wildman–Crippen MR) is 88.0 cm³/mol. The van der Waals surface area contributed by atoms with E-state index in [1.165, 1.54) is 12.3 Å². The van der Waals surface area contributed by atoms with Crippen LogP contribution in [-0.2, 0) is 13.7 Å². The summed E-state index contributed by atoms with van der Waals surface area (Å²) in [5.41, 5.74) is 3.41. The quantitative estimate of drug-likeness (QED) is 0.724. The molecule has 0 aliphatic heterocycles. The number of hydrogen-bond donors (Lipinski definition) is 1. The van der Waals surface area contributed by atoms with E-state index in [1.54, 1.807) is 17.1 Å². The molecule has 3 heterocycles. The van der Waals surface area contributed by atoms with E-state index in [-0.39, 0.29) is 17.7 Å². The fraction of sp³-hybridized carbons (Fsp3) is 0.176. The molecule has 0 aliphatic rings. The molecule has 3 rings (SSSR count). The molecule has 122 valence electrons. The third-order valence-electron chi connectivity index (χ3n) is 3.81. The van der Waals surface area contributed by atoms with Crippen molar-refractivity contribution in [2.24, 2.45) is 7.05 Å². The van der Waals surface area contributed by atoms with Gasteiger partial charge in [0.05, 0.1) is 17.5 Å². The van der Waals surface area contributed by atoms with Crippen molar-refractivity contribution in [3.8, 4) is 17.0 Å². The maximum absolute atomic E-state index is 11.3. The van der Waals surface area contributed by atoms with E-state index < -0.39 is 0 Å². The number of aldehydes is 1. The summed E-state index contributed by atoms with van der Waals surface area (Å²) < 4.78 is 7.49. The standard InChI is InChI=1S/C17H16N4O3/c1-11-14(7-20-21(11)2)17-12(4-3-5-18-17)10-24-15-8-19-16(23)6-13(15)9-22/h3-9H,10H2,1-2H3,(H,19,23). The maximum Gasteiger partial charge on any atom is 0.248 e. The van der Waals surface area contributed by atoms with Crippen molar-refractivity contribution in [1.82, 2.24) is 19.7 Å². The minimum atomic E-state index is -0.350. The minimum Gasteiger partial charge on any atom is -0.487 e. The fourth-order valence-electron chi connectivity index (χ4n) is 2.38. The van der Waals surface area contributed by atoms with Crippen molar-refractivity contribution in [2.75, 3.05) is 0 Å². The van der Waals surface area contributed by atoms with E-state index in [0.29, 0.717) is 12.0 Å². The highest BCUT2D eigenvalue weighted by molar-refractivity contribution is 5.78. The highest BCUT2D eigenvalue weighted by Crippen LogP contribution is 2.25. The number of H-pyrrole nitrogens is 1. The highest BCUT2D eigenvalue weighted by atomic mass is 16.5. The first-order valence-corrected chi connectivity index (χ1v) is 7.33. The van der Waals surface area contributed by atoms with Crippen LogP contribution >= 0.6 is 0 Å². The second-order valence-corrected chi connectivity index (χ2v) is 5.30. The molecule has 0 atom stereocenters. The molecule has 0 fully saturated rings. The van der Waals surface area contributed by atoms with Crippen molar-refractivity contribution >= 4 is 6.29 Å². The van der Waals surface area contributed by atoms with E-state index in [2.05, 4.69) is 15.1 Å². The average Bonchev–Trinajstić information content (AvgIpc) is 2.93. The van der Waals surface area contributed by atoms with Gasteiger partial charge in [-0.2, -0.15) is 5.10 Å². The average molecular weight is 324 g/mol. The van der Waals surface area contributed by atoms with Crippen molar-refractivity contribution < 1.29 is 9.53 Å². The number of carbonyl (C=O) groups excluding carboxylic acids is 1. The lowest BCUT2D eigenvalue weighted by atomic mass is 10.1. The summed E-state index contributed by atoms with van der Waals surface area (Å²) in [7, 11) is 1.87. The van der Waals surface area contributed by atoms with Gasteiger partial charge in [0.25, 0.3) is 0 Å². The molecule has 1 N–H and O–H groups in total. The Bertz CT molecular complexity index is 943. The van der Waals surface area contributed by atoms with Crippen molar-refractivity contribution in [3.05, 3.63) is 64.0 Å². The number of ether oxygens (including phenoxy) is 1. The minimum absolute atomic E-state index is 0.210. The van der Waals surface area contributed by atoms with Crippen LogP contribution in [0, 0.1) is 6.92 Å². The molecule has 0 amide bonds. The normalized spacial score (nSPS) is 10.6. The van der Waals surface area contributed by atoms with Gasteiger partial charge in [-0.25, -0.2) is 0 Å². The molecule has 3 aromatic rings. The molecule has 0 saturated carbocycles. The number of aryl methyl sites for hydroxylation is 1. The summed E-state index contributed by atoms with van der Waals surface area (Å²) in [6.07, 6.45) is 5.46. The third kappa shape index (κ3) is 2.96. The number of aromatic amines is 1. The van der Waals surface area contributed by atoms with Gasteiger partial charge in [0.15, 0.2) is 6.29 Å². The Morgan fingerprint density at radius 2 is 2.25 bits per heavy atom. The van der Waals surface area contributed by atoms with Gasteiger partial charge in [-0.05, 0) is 13.0 Å². The molecular formula is C17H16N4O3. The Balaban J connectivity index is 1.91. The van der Waals surface area contributed by atoms with Crippen LogP contribution in [0.4, 0.5) is 0 Å². The molecule has 3 aromatic heterocycles. The molecule has 24 heavy (non-hydrogen) atoms. The van der Waals surface area contributed by atoms with E-state index in [1.807, 2.05) is 26.1 Å². The summed E-state index contributed by atoms with van der Waals surface area (Å²) in [4.78, 5) is 29.3. The monoisotopic (exact) mass is 324 g/mol. The lowest BCUT2D eigenvalue weighted by Gasteiger charge is -2.11. The highest BCUT2D eigenvalue weighted by Gasteiger charge is 2.13. The Hall–Kier alpha value is -3.22. The number of hydrogen-bond acceptors (Lipinski definition) is 5.